The molecule has 1 heteroatoms. The molecule has 80 valence electrons. The molecule has 0 nitrogen and oxygen atoms in total. The second-order valence-electron chi connectivity index (χ2n) is 4.46. The van der Waals surface area contributed by atoms with Gasteiger partial charge in [0.05, 0.1) is 0 Å². The average molecular weight is 265 g/mol. The van der Waals surface area contributed by atoms with Gasteiger partial charge in [0, 0.05) is 0 Å². The van der Waals surface area contributed by atoms with Crippen molar-refractivity contribution in [2.24, 2.45) is 0 Å². The Hall–Kier alpha value is -0.521. The Balaban J connectivity index is 3.10. The van der Waals surface area contributed by atoms with Gasteiger partial charge in [0.15, 0.2) is 0 Å². The summed E-state index contributed by atoms with van der Waals surface area (Å²) in [6.45, 7) is 13.7. The summed E-state index contributed by atoms with van der Waals surface area (Å²) in [4.78, 5) is 0. The van der Waals surface area contributed by atoms with Crippen molar-refractivity contribution >= 4 is 25.3 Å². The van der Waals surface area contributed by atoms with E-state index in [0.717, 1.165) is 0 Å². The van der Waals surface area contributed by atoms with Crippen LogP contribution in [0.1, 0.15) is 31.1 Å². The van der Waals surface area contributed by atoms with E-state index in [1.54, 1.807) is 19.6 Å². The zero-order valence-corrected chi connectivity index (χ0v) is 12.1. The van der Waals surface area contributed by atoms with Crippen LogP contribution in [0.2, 0.25) is 0 Å². The fraction of sp³-hybridized carbons (Fsp3) is 0.429. The van der Waals surface area contributed by atoms with Crippen LogP contribution in [0.3, 0.4) is 0 Å². The van der Waals surface area contributed by atoms with Crippen LogP contribution in [0.5, 0.6) is 0 Å². The summed E-state index contributed by atoms with van der Waals surface area (Å²) in [7, 11) is 0. The van der Waals surface area contributed by atoms with Crippen molar-refractivity contribution in [2.75, 3.05) is 0 Å². The molecule has 1 aromatic carbocycles. The summed E-state index contributed by atoms with van der Waals surface area (Å²) in [5.41, 5.74) is 5.97. The molecule has 15 heavy (non-hydrogen) atoms. The molecule has 0 atom stereocenters. The number of hydrogen-bond donors (Lipinski definition) is 0. The Labute approximate surface area is 98.1 Å². The van der Waals surface area contributed by atoms with Gasteiger partial charge in [0.2, 0.25) is 0 Å². The molecule has 0 aliphatic rings. The molecule has 0 saturated heterocycles. The Morgan fingerprint density at radius 1 is 0.533 bits per heavy atom. The first-order valence-electron chi connectivity index (χ1n) is 5.41. The minimum atomic E-state index is 0.595. The van der Waals surface area contributed by atoms with Crippen LogP contribution in [0.4, 0.5) is 0 Å². The topological polar surface area (TPSA) is 0 Å². The van der Waals surface area contributed by atoms with E-state index in [-0.39, 0.29) is 0 Å². The number of fused-ring (bicyclic) bond motifs is 1. The van der Waals surface area contributed by atoms with Crippen LogP contribution >= 0.6 is 0 Å². The third-order valence-electron chi connectivity index (χ3n) is 3.70. The van der Waals surface area contributed by atoms with E-state index in [0.29, 0.717) is 14.5 Å². The predicted molar refractivity (Wildman–Crippen MR) is 69.3 cm³/mol. The second-order valence-corrected chi connectivity index (χ2v) is 7.46. The molecule has 0 bridgehead atoms. The van der Waals surface area contributed by atoms with Gasteiger partial charge in [-0.3, -0.25) is 0 Å². The molecule has 0 aliphatic carbocycles. The summed E-state index contributed by atoms with van der Waals surface area (Å²) in [6.07, 6.45) is 0. The summed E-state index contributed by atoms with van der Waals surface area (Å²) >= 11 is 0.595. The van der Waals surface area contributed by atoms with Gasteiger partial charge < -0.3 is 0 Å². The Morgan fingerprint density at radius 2 is 0.867 bits per heavy atom. The van der Waals surface area contributed by atoms with Crippen molar-refractivity contribution in [3.8, 4) is 0 Å². The van der Waals surface area contributed by atoms with Crippen LogP contribution < -0.4 is 0 Å². The van der Waals surface area contributed by atoms with E-state index in [4.69, 9.17) is 0 Å². The molecular weight excluding hydrogens is 247 g/mol. The third-order valence-corrected chi connectivity index (χ3v) is 5.84. The first kappa shape index (κ1) is 11.0. The van der Waals surface area contributed by atoms with Crippen LogP contribution in [0.15, 0.2) is 0 Å². The van der Waals surface area contributed by atoms with Gasteiger partial charge in [0.25, 0.3) is 0 Å². The maximum atomic E-state index is 2.30. The molecule has 0 saturated carbocycles. The monoisotopic (exact) mass is 266 g/mol. The first-order valence-corrected chi connectivity index (χ1v) is 7.12. The number of rotatable bonds is 0. The number of hydrogen-bond acceptors (Lipinski definition) is 0. The quantitative estimate of drug-likeness (QED) is 0.636. The molecule has 0 radical (unpaired) electrons. The summed E-state index contributed by atoms with van der Waals surface area (Å²) in [5, 5.41) is 3.13. The minimum absolute atomic E-state index is 0.595. The normalized spacial score (nSPS) is 11.3. The molecule has 1 aromatic heterocycles. The fourth-order valence-electron chi connectivity index (χ4n) is 2.52. The van der Waals surface area contributed by atoms with Crippen molar-refractivity contribution in [1.29, 1.82) is 0 Å². The van der Waals surface area contributed by atoms with Gasteiger partial charge in [-0.2, -0.15) is 0 Å². The fourth-order valence-corrected chi connectivity index (χ4v) is 4.99. The zero-order valence-electron chi connectivity index (χ0n) is 10.4. The SMILES string of the molecule is Cc1c(C)c(C)c2c(C)[se]c(C)c2c1C. The van der Waals surface area contributed by atoms with Gasteiger partial charge in [-0.05, 0) is 0 Å². The maximum absolute atomic E-state index is 2.30. The van der Waals surface area contributed by atoms with Gasteiger partial charge >= 0.3 is 97.9 Å². The molecule has 0 N–H and O–H groups in total. The molecule has 1 heterocycles. The Bertz CT molecular complexity index is 496. The van der Waals surface area contributed by atoms with Crippen molar-refractivity contribution in [1.82, 2.24) is 0 Å². The molecule has 0 spiro atoms. The number of benzene rings is 1. The molecule has 2 rings (SSSR count). The van der Waals surface area contributed by atoms with Crippen molar-refractivity contribution in [3.05, 3.63) is 31.1 Å². The zero-order chi connectivity index (χ0) is 11.3. The van der Waals surface area contributed by atoms with E-state index in [1.165, 1.54) is 22.3 Å². The molecule has 0 fully saturated rings. The Morgan fingerprint density at radius 3 is 1.20 bits per heavy atom. The first-order chi connectivity index (χ1) is 6.95. The predicted octanol–water partition coefficient (Wildman–Crippen LogP) is 3.75. The molecule has 0 unspecified atom stereocenters. The molecule has 0 amide bonds. The Kier molecular flexibility index (Phi) is 2.56. The van der Waals surface area contributed by atoms with Crippen LogP contribution in [0.25, 0.3) is 10.8 Å². The van der Waals surface area contributed by atoms with Crippen LogP contribution in [-0.2, 0) is 0 Å². The summed E-state index contributed by atoms with van der Waals surface area (Å²) in [6, 6.07) is 0. The van der Waals surface area contributed by atoms with E-state index >= 15 is 0 Å². The van der Waals surface area contributed by atoms with E-state index < -0.39 is 0 Å². The van der Waals surface area contributed by atoms with Crippen molar-refractivity contribution in [3.63, 3.8) is 0 Å². The van der Waals surface area contributed by atoms with Crippen LogP contribution in [0, 0.1) is 41.5 Å². The molecule has 0 aliphatic heterocycles. The molecular formula is C14H18Se. The number of aryl methyl sites for hydroxylation is 4. The average Bonchev–Trinajstić information content (AvgIpc) is 2.47. The molecule has 2 aromatic rings. The summed E-state index contributed by atoms with van der Waals surface area (Å²) < 4.78 is 3.22. The van der Waals surface area contributed by atoms with E-state index in [1.807, 2.05) is 0 Å². The van der Waals surface area contributed by atoms with Crippen LogP contribution in [-0.4, -0.2) is 14.5 Å². The van der Waals surface area contributed by atoms with Crippen molar-refractivity contribution in [2.45, 2.75) is 41.5 Å². The van der Waals surface area contributed by atoms with E-state index in [9.17, 15) is 0 Å². The standard InChI is InChI=1S/C14H18Se/c1-7-8(2)10(4)14-12(6)15-11(5)13(14)9(7)3/h1-6H3. The van der Waals surface area contributed by atoms with Crippen molar-refractivity contribution < 1.29 is 0 Å². The third kappa shape index (κ3) is 1.41. The summed E-state index contributed by atoms with van der Waals surface area (Å²) in [5.74, 6) is 0. The van der Waals surface area contributed by atoms with Gasteiger partial charge in [-0.1, -0.05) is 0 Å². The van der Waals surface area contributed by atoms with E-state index in [2.05, 4.69) is 41.5 Å². The van der Waals surface area contributed by atoms with Gasteiger partial charge in [-0.25, -0.2) is 0 Å². The second kappa shape index (κ2) is 3.50. The van der Waals surface area contributed by atoms with Gasteiger partial charge in [-0.15, -0.1) is 0 Å². The van der Waals surface area contributed by atoms with Gasteiger partial charge in [0.1, 0.15) is 0 Å².